The summed E-state index contributed by atoms with van der Waals surface area (Å²) in [5, 5.41) is 3.33. The van der Waals surface area contributed by atoms with Crippen molar-refractivity contribution in [2.75, 3.05) is 58.9 Å². The van der Waals surface area contributed by atoms with Gasteiger partial charge in [-0.1, -0.05) is 30.3 Å². The molecule has 1 aromatic rings. The third kappa shape index (κ3) is 5.09. The summed E-state index contributed by atoms with van der Waals surface area (Å²) in [5.41, 5.74) is 1.44. The van der Waals surface area contributed by atoms with Gasteiger partial charge in [-0.25, -0.2) is 0 Å². The number of hydrogen-bond acceptors (Lipinski definition) is 4. The quantitative estimate of drug-likeness (QED) is 0.823. The van der Waals surface area contributed by atoms with E-state index in [1.807, 2.05) is 4.90 Å². The molecule has 0 saturated carbocycles. The summed E-state index contributed by atoms with van der Waals surface area (Å²) < 4.78 is 0. The van der Waals surface area contributed by atoms with Gasteiger partial charge < -0.3 is 15.1 Å². The first-order valence-electron chi connectivity index (χ1n) is 10.8. The van der Waals surface area contributed by atoms with Crippen LogP contribution in [-0.4, -0.2) is 85.6 Å². The van der Waals surface area contributed by atoms with Crippen LogP contribution in [0.1, 0.15) is 24.8 Å². The van der Waals surface area contributed by atoms with Gasteiger partial charge in [0.2, 0.25) is 5.91 Å². The van der Waals surface area contributed by atoms with Crippen LogP contribution in [0.15, 0.2) is 30.3 Å². The van der Waals surface area contributed by atoms with Gasteiger partial charge in [-0.2, -0.15) is 0 Å². The van der Waals surface area contributed by atoms with Gasteiger partial charge in [-0.05, 0) is 43.7 Å². The average Bonchev–Trinajstić information content (AvgIpc) is 3.00. The van der Waals surface area contributed by atoms with Crippen LogP contribution >= 0.6 is 0 Å². The molecule has 0 radical (unpaired) electrons. The largest absolute Gasteiger partial charge is 0.339 e. The Balaban J connectivity index is 1.27. The Morgan fingerprint density at radius 3 is 2.67 bits per heavy atom. The van der Waals surface area contributed by atoms with Crippen molar-refractivity contribution in [1.29, 1.82) is 0 Å². The molecule has 148 valence electrons. The molecule has 2 bridgehead atoms. The molecule has 0 aromatic heterocycles. The zero-order valence-electron chi connectivity index (χ0n) is 16.5. The summed E-state index contributed by atoms with van der Waals surface area (Å²) in [7, 11) is 0. The minimum Gasteiger partial charge on any atom is -0.339 e. The van der Waals surface area contributed by atoms with Crippen LogP contribution in [0.2, 0.25) is 0 Å². The number of amides is 1. The molecule has 0 spiro atoms. The molecule has 0 aliphatic carbocycles. The molecule has 4 aliphatic heterocycles. The minimum absolute atomic E-state index is 0.333. The van der Waals surface area contributed by atoms with Crippen LogP contribution in [0.25, 0.3) is 0 Å². The maximum absolute atomic E-state index is 12.7. The van der Waals surface area contributed by atoms with Crippen molar-refractivity contribution in [2.45, 2.75) is 31.7 Å². The Labute approximate surface area is 163 Å². The Morgan fingerprint density at radius 2 is 1.85 bits per heavy atom. The van der Waals surface area contributed by atoms with Gasteiger partial charge in [0, 0.05) is 51.9 Å². The Hall–Kier alpha value is -1.43. The van der Waals surface area contributed by atoms with E-state index in [0.29, 0.717) is 18.5 Å². The number of aryl methyl sites for hydroxylation is 1. The standard InChI is InChI=1S/C22H34N4O/c27-22(25-13-10-23-11-14-25)18-26-16-20-8-9-21(26)17-24(15-20)12-4-7-19-5-2-1-3-6-19/h1-3,5-6,20-21,23H,4,7-18H2/t20-,21+/m0/s1. The number of benzene rings is 1. The lowest BCUT2D eigenvalue weighted by molar-refractivity contribution is -0.134. The van der Waals surface area contributed by atoms with Gasteiger partial charge in [0.05, 0.1) is 6.54 Å². The van der Waals surface area contributed by atoms with Crippen molar-refractivity contribution in [1.82, 2.24) is 20.0 Å². The van der Waals surface area contributed by atoms with E-state index in [9.17, 15) is 4.79 Å². The second kappa shape index (κ2) is 9.18. The highest BCUT2D eigenvalue weighted by molar-refractivity contribution is 5.78. The van der Waals surface area contributed by atoms with Gasteiger partial charge in [-0.15, -0.1) is 0 Å². The highest BCUT2D eigenvalue weighted by Crippen LogP contribution is 2.28. The maximum atomic E-state index is 12.7. The molecular weight excluding hydrogens is 336 g/mol. The van der Waals surface area contributed by atoms with E-state index in [0.717, 1.165) is 51.6 Å². The van der Waals surface area contributed by atoms with Gasteiger partial charge in [0.1, 0.15) is 0 Å². The Kier molecular flexibility index (Phi) is 6.43. The first kappa shape index (κ1) is 18.9. The van der Waals surface area contributed by atoms with Gasteiger partial charge in [0.15, 0.2) is 0 Å². The van der Waals surface area contributed by atoms with E-state index in [1.54, 1.807) is 0 Å². The Morgan fingerprint density at radius 1 is 1.04 bits per heavy atom. The number of rotatable bonds is 6. The number of piperazine rings is 1. The highest BCUT2D eigenvalue weighted by atomic mass is 16.2. The van der Waals surface area contributed by atoms with Crippen molar-refractivity contribution < 1.29 is 4.79 Å². The molecule has 4 saturated heterocycles. The number of nitrogens with zero attached hydrogens (tertiary/aromatic N) is 3. The average molecular weight is 371 g/mol. The van der Waals surface area contributed by atoms with Crippen LogP contribution in [-0.2, 0) is 11.2 Å². The molecule has 5 nitrogen and oxygen atoms in total. The normalized spacial score (nSPS) is 26.9. The van der Waals surface area contributed by atoms with Crippen LogP contribution in [0.5, 0.6) is 0 Å². The summed E-state index contributed by atoms with van der Waals surface area (Å²) >= 11 is 0. The van der Waals surface area contributed by atoms with E-state index in [1.165, 1.54) is 37.9 Å². The van der Waals surface area contributed by atoms with Crippen molar-refractivity contribution in [3.8, 4) is 0 Å². The van der Waals surface area contributed by atoms with Crippen LogP contribution in [0.3, 0.4) is 0 Å². The van der Waals surface area contributed by atoms with Gasteiger partial charge in [-0.3, -0.25) is 9.69 Å². The molecule has 0 unspecified atom stereocenters. The number of carbonyl (C=O) groups is 1. The van der Waals surface area contributed by atoms with Crippen molar-refractivity contribution >= 4 is 5.91 Å². The van der Waals surface area contributed by atoms with Crippen molar-refractivity contribution in [2.24, 2.45) is 5.92 Å². The smallest absolute Gasteiger partial charge is 0.236 e. The lowest BCUT2D eigenvalue weighted by Gasteiger charge is -2.37. The number of hydrogen-bond donors (Lipinski definition) is 1. The minimum atomic E-state index is 0.333. The van der Waals surface area contributed by atoms with Gasteiger partial charge >= 0.3 is 0 Å². The summed E-state index contributed by atoms with van der Waals surface area (Å²) in [5.74, 6) is 1.07. The predicted octanol–water partition coefficient (Wildman–Crippen LogP) is 1.45. The van der Waals surface area contributed by atoms with E-state index < -0.39 is 0 Å². The topological polar surface area (TPSA) is 38.8 Å². The molecular formula is C22H34N4O. The summed E-state index contributed by atoms with van der Waals surface area (Å²) in [6.07, 6.45) is 4.98. The third-order valence-corrected chi connectivity index (χ3v) is 6.49. The molecule has 4 heterocycles. The molecule has 1 amide bonds. The van der Waals surface area contributed by atoms with Crippen molar-refractivity contribution in [3.63, 3.8) is 0 Å². The number of piperidine rings is 1. The molecule has 1 aromatic carbocycles. The SMILES string of the molecule is O=C(CN1C[C@H]2CC[C@@H]1CN(CCCc1ccccc1)C2)N1CCNCC1. The zero-order chi connectivity index (χ0) is 18.5. The van der Waals surface area contributed by atoms with Gasteiger partial charge in [0.25, 0.3) is 0 Å². The number of carbonyl (C=O) groups excluding carboxylic acids is 1. The zero-order valence-corrected chi connectivity index (χ0v) is 16.5. The molecule has 27 heavy (non-hydrogen) atoms. The summed E-state index contributed by atoms with van der Waals surface area (Å²) in [4.78, 5) is 19.9. The first-order chi connectivity index (χ1) is 13.3. The first-order valence-corrected chi connectivity index (χ1v) is 10.8. The molecule has 4 aliphatic rings. The molecule has 4 fully saturated rings. The second-order valence-electron chi connectivity index (χ2n) is 8.51. The summed E-state index contributed by atoms with van der Waals surface area (Å²) in [6.45, 7) is 8.88. The van der Waals surface area contributed by atoms with Crippen molar-refractivity contribution in [3.05, 3.63) is 35.9 Å². The monoisotopic (exact) mass is 370 g/mol. The number of nitrogens with one attached hydrogen (secondary N) is 1. The van der Waals surface area contributed by atoms with Crippen LogP contribution in [0.4, 0.5) is 0 Å². The summed E-state index contributed by atoms with van der Waals surface area (Å²) in [6, 6.07) is 11.4. The van der Waals surface area contributed by atoms with E-state index in [2.05, 4.69) is 45.4 Å². The molecule has 1 N–H and O–H groups in total. The van der Waals surface area contributed by atoms with E-state index >= 15 is 0 Å². The highest BCUT2D eigenvalue weighted by Gasteiger charge is 2.35. The fraction of sp³-hybridized carbons (Fsp3) is 0.682. The molecule has 5 rings (SSSR count). The molecule has 2 atom stereocenters. The Bertz CT molecular complexity index is 602. The fourth-order valence-corrected chi connectivity index (χ4v) is 4.99. The van der Waals surface area contributed by atoms with E-state index in [4.69, 9.17) is 0 Å². The molecule has 5 heteroatoms. The second-order valence-corrected chi connectivity index (χ2v) is 8.51. The van der Waals surface area contributed by atoms with Crippen LogP contribution in [0, 0.1) is 5.92 Å². The third-order valence-electron chi connectivity index (χ3n) is 6.49. The lowest BCUT2D eigenvalue weighted by atomic mass is 9.95. The van der Waals surface area contributed by atoms with E-state index in [-0.39, 0.29) is 0 Å². The lowest BCUT2D eigenvalue weighted by Crippen LogP contribution is -2.53. The van der Waals surface area contributed by atoms with Crippen LogP contribution < -0.4 is 5.32 Å². The number of fused-ring (bicyclic) bond motifs is 4. The fourth-order valence-electron chi connectivity index (χ4n) is 4.99. The maximum Gasteiger partial charge on any atom is 0.236 e. The predicted molar refractivity (Wildman–Crippen MR) is 109 cm³/mol.